The van der Waals surface area contributed by atoms with Crippen LogP contribution >= 0.6 is 22.9 Å². The van der Waals surface area contributed by atoms with Gasteiger partial charge in [0.15, 0.2) is 0 Å². The number of thiophene rings is 1. The summed E-state index contributed by atoms with van der Waals surface area (Å²) < 4.78 is 0.983. The fourth-order valence-electron chi connectivity index (χ4n) is 2.38. The van der Waals surface area contributed by atoms with E-state index in [2.05, 4.69) is 19.2 Å². The lowest BCUT2D eigenvalue weighted by molar-refractivity contribution is 0.0940. The Morgan fingerprint density at radius 2 is 2.14 bits per heavy atom. The van der Waals surface area contributed by atoms with Gasteiger partial charge in [-0.15, -0.1) is 11.3 Å². The summed E-state index contributed by atoms with van der Waals surface area (Å²) >= 11 is 7.40. The molecule has 1 heterocycles. The molecule has 0 saturated carbocycles. The maximum Gasteiger partial charge on any atom is 0.263 e. The molecule has 0 saturated heterocycles. The predicted molar refractivity (Wildman–Crippen MR) is 92.2 cm³/mol. The first-order valence-electron chi connectivity index (χ1n) is 7.20. The van der Waals surface area contributed by atoms with Crippen molar-refractivity contribution in [2.75, 3.05) is 5.73 Å². The average molecular weight is 325 g/mol. The third-order valence-electron chi connectivity index (χ3n) is 3.72. The average Bonchev–Trinajstić information content (AvgIpc) is 2.75. The number of fused-ring (bicyclic) bond motifs is 1. The van der Waals surface area contributed by atoms with Gasteiger partial charge in [-0.25, -0.2) is 0 Å². The number of rotatable bonds is 5. The molecule has 1 aromatic heterocycles. The molecule has 1 amide bonds. The highest BCUT2D eigenvalue weighted by molar-refractivity contribution is 7.21. The zero-order valence-electron chi connectivity index (χ0n) is 12.6. The number of halogens is 1. The van der Waals surface area contributed by atoms with E-state index in [1.807, 2.05) is 25.1 Å². The number of hydrogen-bond donors (Lipinski definition) is 2. The first kappa shape index (κ1) is 16.1. The monoisotopic (exact) mass is 324 g/mol. The van der Waals surface area contributed by atoms with Gasteiger partial charge in [-0.2, -0.15) is 0 Å². The van der Waals surface area contributed by atoms with Crippen LogP contribution in [0.3, 0.4) is 0 Å². The van der Waals surface area contributed by atoms with Crippen molar-refractivity contribution in [3.8, 4) is 0 Å². The highest BCUT2D eigenvalue weighted by Crippen LogP contribution is 2.35. The summed E-state index contributed by atoms with van der Waals surface area (Å²) in [5.41, 5.74) is 6.62. The number of hydrogen-bond acceptors (Lipinski definition) is 3. The first-order chi connectivity index (χ1) is 9.92. The van der Waals surface area contributed by atoms with Crippen molar-refractivity contribution in [2.24, 2.45) is 5.92 Å². The van der Waals surface area contributed by atoms with E-state index < -0.39 is 0 Å². The molecule has 2 unspecified atom stereocenters. The van der Waals surface area contributed by atoms with Crippen molar-refractivity contribution >= 4 is 44.6 Å². The molecule has 3 nitrogen and oxygen atoms in total. The molecule has 0 aliphatic carbocycles. The minimum atomic E-state index is -0.0966. The zero-order valence-corrected chi connectivity index (χ0v) is 14.1. The number of amides is 1. The molecule has 0 spiro atoms. The maximum atomic E-state index is 12.4. The summed E-state index contributed by atoms with van der Waals surface area (Å²) in [4.78, 5) is 13.0. The smallest absolute Gasteiger partial charge is 0.263 e. The molecule has 0 radical (unpaired) electrons. The minimum Gasteiger partial charge on any atom is -0.397 e. The highest BCUT2D eigenvalue weighted by Gasteiger charge is 2.18. The lowest BCUT2D eigenvalue weighted by Gasteiger charge is -2.17. The van der Waals surface area contributed by atoms with Gasteiger partial charge < -0.3 is 11.1 Å². The quantitative estimate of drug-likeness (QED) is 0.838. The Hall–Kier alpha value is -1.26. The van der Waals surface area contributed by atoms with Crippen molar-refractivity contribution in [1.82, 2.24) is 5.32 Å². The van der Waals surface area contributed by atoms with E-state index in [1.54, 1.807) is 0 Å². The van der Waals surface area contributed by atoms with Crippen LogP contribution < -0.4 is 11.1 Å². The summed E-state index contributed by atoms with van der Waals surface area (Å²) in [6.07, 6.45) is 2.09. The standard InChI is InChI=1S/C16H21ClN2OS/c1-4-9(2)7-10(3)19-16(20)15-14(18)12-8-11(17)5-6-13(12)21-15/h5-6,8-10H,4,7,18H2,1-3H3,(H,19,20). The molecule has 0 fully saturated rings. The van der Waals surface area contributed by atoms with Crippen LogP contribution in [-0.4, -0.2) is 11.9 Å². The van der Waals surface area contributed by atoms with Gasteiger partial charge in [-0.1, -0.05) is 31.9 Å². The molecule has 3 N–H and O–H groups in total. The number of benzene rings is 1. The van der Waals surface area contributed by atoms with Gasteiger partial charge in [0, 0.05) is 21.2 Å². The zero-order chi connectivity index (χ0) is 15.6. The van der Waals surface area contributed by atoms with Gasteiger partial charge in [0.05, 0.1) is 5.69 Å². The van der Waals surface area contributed by atoms with Gasteiger partial charge >= 0.3 is 0 Å². The van der Waals surface area contributed by atoms with Gasteiger partial charge in [0.2, 0.25) is 0 Å². The van der Waals surface area contributed by atoms with Crippen LogP contribution in [0, 0.1) is 5.92 Å². The summed E-state index contributed by atoms with van der Waals surface area (Å²) in [5.74, 6) is 0.500. The van der Waals surface area contributed by atoms with E-state index >= 15 is 0 Å². The molecule has 1 aromatic carbocycles. The number of anilines is 1. The van der Waals surface area contributed by atoms with Crippen molar-refractivity contribution in [1.29, 1.82) is 0 Å². The SMILES string of the molecule is CCC(C)CC(C)NC(=O)c1sc2ccc(Cl)cc2c1N. The normalized spacial score (nSPS) is 14.1. The molecule has 0 bridgehead atoms. The van der Waals surface area contributed by atoms with Gasteiger partial charge in [-0.3, -0.25) is 4.79 Å². The van der Waals surface area contributed by atoms with Gasteiger partial charge in [0.25, 0.3) is 5.91 Å². The molecule has 114 valence electrons. The molecule has 5 heteroatoms. The Bertz CT molecular complexity index is 653. The van der Waals surface area contributed by atoms with Crippen molar-refractivity contribution < 1.29 is 4.79 Å². The van der Waals surface area contributed by atoms with Crippen LogP contribution in [-0.2, 0) is 0 Å². The number of carbonyl (C=O) groups excluding carboxylic acids is 1. The van der Waals surface area contributed by atoms with Gasteiger partial charge in [-0.05, 0) is 37.5 Å². The van der Waals surface area contributed by atoms with E-state index in [9.17, 15) is 4.79 Å². The molecule has 2 rings (SSSR count). The van der Waals surface area contributed by atoms with Crippen molar-refractivity contribution in [2.45, 2.75) is 39.7 Å². The van der Waals surface area contributed by atoms with Crippen molar-refractivity contribution in [3.63, 3.8) is 0 Å². The molecule has 0 aliphatic rings. The molecular weight excluding hydrogens is 304 g/mol. The van der Waals surface area contributed by atoms with Crippen molar-refractivity contribution in [3.05, 3.63) is 28.1 Å². The second-order valence-electron chi connectivity index (χ2n) is 5.61. The molecular formula is C16H21ClN2OS. The third-order valence-corrected chi connectivity index (χ3v) is 5.15. The summed E-state index contributed by atoms with van der Waals surface area (Å²) in [7, 11) is 0. The number of carbonyl (C=O) groups is 1. The highest BCUT2D eigenvalue weighted by atomic mass is 35.5. The van der Waals surface area contributed by atoms with Crippen LogP contribution in [0.4, 0.5) is 5.69 Å². The van der Waals surface area contributed by atoms with E-state index in [4.69, 9.17) is 17.3 Å². The van der Waals surface area contributed by atoms with E-state index in [1.165, 1.54) is 11.3 Å². The molecule has 2 atom stereocenters. The van der Waals surface area contributed by atoms with E-state index in [0.29, 0.717) is 21.5 Å². The number of nitrogen functional groups attached to an aromatic ring is 1. The van der Waals surface area contributed by atoms with E-state index in [-0.39, 0.29) is 11.9 Å². The minimum absolute atomic E-state index is 0.0966. The molecule has 0 aliphatic heterocycles. The summed E-state index contributed by atoms with van der Waals surface area (Å²) in [6, 6.07) is 5.66. The first-order valence-corrected chi connectivity index (χ1v) is 8.40. The van der Waals surface area contributed by atoms with Crippen LogP contribution in [0.5, 0.6) is 0 Å². The summed E-state index contributed by atoms with van der Waals surface area (Å²) in [6.45, 7) is 6.38. The number of nitrogens with one attached hydrogen (secondary N) is 1. The second-order valence-corrected chi connectivity index (χ2v) is 7.10. The fourth-order valence-corrected chi connectivity index (χ4v) is 3.55. The number of nitrogens with two attached hydrogens (primary N) is 1. The van der Waals surface area contributed by atoms with Crippen LogP contribution in [0.25, 0.3) is 10.1 Å². The van der Waals surface area contributed by atoms with Gasteiger partial charge in [0.1, 0.15) is 4.88 Å². The Balaban J connectivity index is 2.18. The predicted octanol–water partition coefficient (Wildman–Crippen LogP) is 4.69. The third kappa shape index (κ3) is 3.69. The Morgan fingerprint density at radius 1 is 1.43 bits per heavy atom. The molecule has 2 aromatic rings. The Morgan fingerprint density at radius 3 is 2.81 bits per heavy atom. The largest absolute Gasteiger partial charge is 0.397 e. The topological polar surface area (TPSA) is 55.1 Å². The van der Waals surface area contributed by atoms with Crippen LogP contribution in [0.15, 0.2) is 18.2 Å². The summed E-state index contributed by atoms with van der Waals surface area (Å²) in [5, 5.41) is 4.52. The fraction of sp³-hybridized carbons (Fsp3) is 0.438. The molecule has 21 heavy (non-hydrogen) atoms. The van der Waals surface area contributed by atoms with Crippen LogP contribution in [0.2, 0.25) is 5.02 Å². The lowest BCUT2D eigenvalue weighted by atomic mass is 10.0. The lowest BCUT2D eigenvalue weighted by Crippen LogP contribution is -2.33. The maximum absolute atomic E-state index is 12.4. The Labute approximate surface area is 134 Å². The van der Waals surface area contributed by atoms with E-state index in [0.717, 1.165) is 22.9 Å². The Kier molecular flexibility index (Phi) is 5.12. The second kappa shape index (κ2) is 6.67. The van der Waals surface area contributed by atoms with Crippen LogP contribution in [0.1, 0.15) is 43.3 Å².